The number of carbonyl (C=O) groups excluding carboxylic acids is 1. The zero-order chi connectivity index (χ0) is 15.4. The Labute approximate surface area is 123 Å². The van der Waals surface area contributed by atoms with Crippen LogP contribution in [-0.4, -0.2) is 12.5 Å². The molecule has 0 radical (unpaired) electrons. The van der Waals surface area contributed by atoms with E-state index >= 15 is 0 Å². The SMILES string of the molecule is O=C(Nc1ccc(F)cc1Cl)c1ccc(OC(F)F)cc1. The zero-order valence-electron chi connectivity index (χ0n) is 10.4. The van der Waals surface area contributed by atoms with E-state index in [0.29, 0.717) is 0 Å². The minimum Gasteiger partial charge on any atom is -0.435 e. The second-order valence-electron chi connectivity index (χ2n) is 3.98. The maximum Gasteiger partial charge on any atom is 0.387 e. The topological polar surface area (TPSA) is 38.3 Å². The Balaban J connectivity index is 2.09. The minimum atomic E-state index is -2.93. The van der Waals surface area contributed by atoms with Gasteiger partial charge in [-0.3, -0.25) is 4.79 Å². The number of amides is 1. The maximum absolute atomic E-state index is 12.9. The molecule has 0 atom stereocenters. The first-order valence-electron chi connectivity index (χ1n) is 5.77. The van der Waals surface area contributed by atoms with Crippen molar-refractivity contribution in [2.24, 2.45) is 0 Å². The number of alkyl halides is 2. The van der Waals surface area contributed by atoms with Crippen LogP contribution in [0.1, 0.15) is 10.4 Å². The van der Waals surface area contributed by atoms with Crippen molar-refractivity contribution in [2.75, 3.05) is 5.32 Å². The molecule has 0 unspecified atom stereocenters. The van der Waals surface area contributed by atoms with Gasteiger partial charge in [0.15, 0.2) is 0 Å². The molecule has 1 amide bonds. The van der Waals surface area contributed by atoms with Crippen molar-refractivity contribution >= 4 is 23.2 Å². The molecule has 0 fully saturated rings. The summed E-state index contributed by atoms with van der Waals surface area (Å²) in [5, 5.41) is 2.54. The predicted molar refractivity (Wildman–Crippen MR) is 72.4 cm³/mol. The van der Waals surface area contributed by atoms with Gasteiger partial charge < -0.3 is 10.1 Å². The van der Waals surface area contributed by atoms with E-state index in [4.69, 9.17) is 11.6 Å². The molecule has 3 nitrogen and oxygen atoms in total. The highest BCUT2D eigenvalue weighted by Gasteiger charge is 2.10. The smallest absolute Gasteiger partial charge is 0.387 e. The number of benzene rings is 2. The largest absolute Gasteiger partial charge is 0.435 e. The Kier molecular flexibility index (Phi) is 4.70. The van der Waals surface area contributed by atoms with Gasteiger partial charge in [-0.1, -0.05) is 11.6 Å². The van der Waals surface area contributed by atoms with Gasteiger partial charge in [0.2, 0.25) is 0 Å². The van der Waals surface area contributed by atoms with Gasteiger partial charge in [-0.15, -0.1) is 0 Å². The average Bonchev–Trinajstić information content (AvgIpc) is 2.42. The predicted octanol–water partition coefficient (Wildman–Crippen LogP) is 4.33. The Morgan fingerprint density at radius 3 is 2.38 bits per heavy atom. The van der Waals surface area contributed by atoms with Crippen molar-refractivity contribution in [1.29, 1.82) is 0 Å². The molecule has 0 aliphatic heterocycles. The summed E-state index contributed by atoms with van der Waals surface area (Å²) < 4.78 is 41.1. The highest BCUT2D eigenvalue weighted by atomic mass is 35.5. The molecule has 110 valence electrons. The number of anilines is 1. The van der Waals surface area contributed by atoms with Gasteiger partial charge in [0.25, 0.3) is 5.91 Å². The van der Waals surface area contributed by atoms with Gasteiger partial charge in [-0.2, -0.15) is 8.78 Å². The molecule has 0 bridgehead atoms. The third-order valence-electron chi connectivity index (χ3n) is 2.52. The summed E-state index contributed by atoms with van der Waals surface area (Å²) in [5.74, 6) is -1.08. The van der Waals surface area contributed by atoms with Crippen LogP contribution in [0, 0.1) is 5.82 Å². The van der Waals surface area contributed by atoms with Crippen LogP contribution in [0.25, 0.3) is 0 Å². The molecule has 0 spiro atoms. The number of carbonyl (C=O) groups is 1. The lowest BCUT2D eigenvalue weighted by atomic mass is 10.2. The van der Waals surface area contributed by atoms with Crippen LogP contribution in [0.15, 0.2) is 42.5 Å². The molecule has 0 saturated heterocycles. The molecule has 2 rings (SSSR count). The first-order chi connectivity index (χ1) is 9.95. The molecular weight excluding hydrogens is 307 g/mol. The Morgan fingerprint density at radius 2 is 1.81 bits per heavy atom. The van der Waals surface area contributed by atoms with E-state index in [2.05, 4.69) is 10.1 Å². The molecule has 2 aromatic rings. The number of hydrogen-bond acceptors (Lipinski definition) is 2. The summed E-state index contributed by atoms with van der Waals surface area (Å²) in [7, 11) is 0. The second-order valence-corrected chi connectivity index (χ2v) is 4.39. The van der Waals surface area contributed by atoms with Crippen LogP contribution in [-0.2, 0) is 0 Å². The summed E-state index contributed by atoms with van der Waals surface area (Å²) in [4.78, 5) is 11.9. The van der Waals surface area contributed by atoms with E-state index in [0.717, 1.165) is 12.1 Å². The number of ether oxygens (including phenoxy) is 1. The molecule has 1 N–H and O–H groups in total. The average molecular weight is 316 g/mol. The Morgan fingerprint density at radius 1 is 1.14 bits per heavy atom. The van der Waals surface area contributed by atoms with Gasteiger partial charge in [-0.25, -0.2) is 4.39 Å². The molecule has 2 aromatic carbocycles. The fourth-order valence-electron chi connectivity index (χ4n) is 1.57. The summed E-state index contributed by atoms with van der Waals surface area (Å²) in [6.45, 7) is -2.93. The zero-order valence-corrected chi connectivity index (χ0v) is 11.2. The summed E-state index contributed by atoms with van der Waals surface area (Å²) >= 11 is 5.79. The van der Waals surface area contributed by atoms with Gasteiger partial charge in [0.1, 0.15) is 11.6 Å². The lowest BCUT2D eigenvalue weighted by Crippen LogP contribution is -2.12. The van der Waals surface area contributed by atoms with Gasteiger partial charge >= 0.3 is 6.61 Å². The van der Waals surface area contributed by atoms with Crippen molar-refractivity contribution in [3.05, 3.63) is 58.9 Å². The molecule has 0 heterocycles. The summed E-state index contributed by atoms with van der Waals surface area (Å²) in [6.07, 6.45) is 0. The van der Waals surface area contributed by atoms with Crippen molar-refractivity contribution in [2.45, 2.75) is 6.61 Å². The van der Waals surface area contributed by atoms with Crippen LogP contribution < -0.4 is 10.1 Å². The number of halogens is 4. The van der Waals surface area contributed by atoms with E-state index in [1.54, 1.807) is 0 Å². The quantitative estimate of drug-likeness (QED) is 0.912. The van der Waals surface area contributed by atoms with E-state index in [9.17, 15) is 18.0 Å². The number of rotatable bonds is 4. The van der Waals surface area contributed by atoms with Crippen LogP contribution in [0.2, 0.25) is 5.02 Å². The van der Waals surface area contributed by atoms with Crippen molar-refractivity contribution < 1.29 is 22.7 Å². The third kappa shape index (κ3) is 4.13. The van der Waals surface area contributed by atoms with Gasteiger partial charge in [0.05, 0.1) is 10.7 Å². The molecule has 0 aliphatic rings. The van der Waals surface area contributed by atoms with E-state index in [1.165, 1.54) is 30.3 Å². The van der Waals surface area contributed by atoms with E-state index in [1.807, 2.05) is 0 Å². The number of nitrogens with one attached hydrogen (secondary N) is 1. The number of hydrogen-bond donors (Lipinski definition) is 1. The van der Waals surface area contributed by atoms with Crippen molar-refractivity contribution in [1.82, 2.24) is 0 Å². The standard InChI is InChI=1S/C14H9ClF3NO2/c15-11-7-9(16)3-6-12(11)19-13(20)8-1-4-10(5-2-8)21-14(17)18/h1-7,14H,(H,19,20). The monoisotopic (exact) mass is 315 g/mol. The molecular formula is C14H9ClF3NO2. The lowest BCUT2D eigenvalue weighted by molar-refractivity contribution is -0.0498. The Bertz CT molecular complexity index is 647. The van der Waals surface area contributed by atoms with Crippen molar-refractivity contribution in [3.8, 4) is 5.75 Å². The summed E-state index contributed by atoms with van der Waals surface area (Å²) in [6, 6.07) is 8.68. The van der Waals surface area contributed by atoms with Crippen LogP contribution in [0.5, 0.6) is 5.75 Å². The summed E-state index contributed by atoms with van der Waals surface area (Å²) in [5.41, 5.74) is 0.466. The van der Waals surface area contributed by atoms with Crippen molar-refractivity contribution in [3.63, 3.8) is 0 Å². The molecule has 0 aliphatic carbocycles. The van der Waals surface area contributed by atoms with Crippen LogP contribution in [0.4, 0.5) is 18.9 Å². The van der Waals surface area contributed by atoms with E-state index in [-0.39, 0.29) is 22.0 Å². The first-order valence-corrected chi connectivity index (χ1v) is 6.15. The van der Waals surface area contributed by atoms with Gasteiger partial charge in [-0.05, 0) is 42.5 Å². The normalized spacial score (nSPS) is 10.5. The van der Waals surface area contributed by atoms with E-state index < -0.39 is 18.3 Å². The van der Waals surface area contributed by atoms with Crippen LogP contribution in [0.3, 0.4) is 0 Å². The molecule has 0 aromatic heterocycles. The highest BCUT2D eigenvalue weighted by molar-refractivity contribution is 6.33. The Hall–Kier alpha value is -2.21. The first kappa shape index (κ1) is 15.2. The molecule has 0 saturated carbocycles. The van der Waals surface area contributed by atoms with Crippen LogP contribution >= 0.6 is 11.6 Å². The fraction of sp³-hybridized carbons (Fsp3) is 0.0714. The lowest BCUT2D eigenvalue weighted by Gasteiger charge is -2.08. The molecule has 21 heavy (non-hydrogen) atoms. The molecule has 7 heteroatoms. The van der Waals surface area contributed by atoms with Gasteiger partial charge in [0, 0.05) is 5.56 Å². The third-order valence-corrected chi connectivity index (χ3v) is 2.83. The second kappa shape index (κ2) is 6.49. The fourth-order valence-corrected chi connectivity index (χ4v) is 1.79. The maximum atomic E-state index is 12.9. The highest BCUT2D eigenvalue weighted by Crippen LogP contribution is 2.23. The minimum absolute atomic E-state index is 0.0543.